The number of hydrogen-bond donors (Lipinski definition) is 1. The summed E-state index contributed by atoms with van der Waals surface area (Å²) in [6, 6.07) is 8.05. The van der Waals surface area contributed by atoms with E-state index in [9.17, 15) is 0 Å². The van der Waals surface area contributed by atoms with Crippen molar-refractivity contribution >= 4 is 15.9 Å². The third kappa shape index (κ3) is 2.42. The largest absolute Gasteiger partial charge is 0.322 e. The Hall–Kier alpha value is -1.13. The lowest BCUT2D eigenvalue weighted by atomic mass is 9.97. The maximum atomic E-state index is 6.12. The number of rotatable bonds is 2. The molecule has 3 nitrogen and oxygen atoms in total. The molecule has 2 N–H and O–H groups in total. The second-order valence-electron chi connectivity index (χ2n) is 4.76. The summed E-state index contributed by atoms with van der Waals surface area (Å²) in [5.41, 5.74) is 8.93. The van der Waals surface area contributed by atoms with Gasteiger partial charge in [0.05, 0.1) is 11.9 Å². The fourth-order valence-corrected chi connectivity index (χ4v) is 2.30. The highest BCUT2D eigenvalue weighted by molar-refractivity contribution is 9.10. The van der Waals surface area contributed by atoms with Crippen LogP contribution >= 0.6 is 15.9 Å². The van der Waals surface area contributed by atoms with E-state index < -0.39 is 0 Å². The molecule has 0 unspecified atom stereocenters. The SMILES string of the molecule is Cc1c(C(C)(C)N)cnn1-c1cccc(Br)c1. The van der Waals surface area contributed by atoms with Gasteiger partial charge in [-0.05, 0) is 39.0 Å². The van der Waals surface area contributed by atoms with Crippen LogP contribution in [-0.4, -0.2) is 9.78 Å². The Morgan fingerprint density at radius 3 is 2.59 bits per heavy atom. The van der Waals surface area contributed by atoms with Gasteiger partial charge in [-0.15, -0.1) is 0 Å². The minimum Gasteiger partial charge on any atom is -0.322 e. The molecule has 0 radical (unpaired) electrons. The van der Waals surface area contributed by atoms with Crippen molar-refractivity contribution in [1.29, 1.82) is 0 Å². The molecule has 0 fully saturated rings. The topological polar surface area (TPSA) is 43.8 Å². The van der Waals surface area contributed by atoms with Crippen molar-refractivity contribution in [2.45, 2.75) is 26.3 Å². The number of nitrogens with zero attached hydrogens (tertiary/aromatic N) is 2. The number of aromatic nitrogens is 2. The molecular formula is C13H16BrN3. The molecule has 0 aliphatic rings. The first-order valence-electron chi connectivity index (χ1n) is 5.49. The van der Waals surface area contributed by atoms with Gasteiger partial charge in [-0.3, -0.25) is 0 Å². The van der Waals surface area contributed by atoms with E-state index in [-0.39, 0.29) is 5.54 Å². The van der Waals surface area contributed by atoms with Crippen LogP contribution in [0, 0.1) is 6.92 Å². The van der Waals surface area contributed by atoms with Gasteiger partial charge in [0, 0.05) is 21.3 Å². The van der Waals surface area contributed by atoms with Gasteiger partial charge in [0.25, 0.3) is 0 Å². The average molecular weight is 294 g/mol. The van der Waals surface area contributed by atoms with Crippen LogP contribution < -0.4 is 5.73 Å². The van der Waals surface area contributed by atoms with E-state index in [0.29, 0.717) is 0 Å². The fraction of sp³-hybridized carbons (Fsp3) is 0.308. The van der Waals surface area contributed by atoms with Gasteiger partial charge in [0.1, 0.15) is 0 Å². The lowest BCUT2D eigenvalue weighted by molar-refractivity contribution is 0.550. The van der Waals surface area contributed by atoms with Gasteiger partial charge in [0.15, 0.2) is 0 Å². The highest BCUT2D eigenvalue weighted by Gasteiger charge is 2.20. The van der Waals surface area contributed by atoms with Gasteiger partial charge in [-0.25, -0.2) is 4.68 Å². The van der Waals surface area contributed by atoms with Crippen molar-refractivity contribution in [3.63, 3.8) is 0 Å². The van der Waals surface area contributed by atoms with Crippen LogP contribution in [0.3, 0.4) is 0 Å². The summed E-state index contributed by atoms with van der Waals surface area (Å²) >= 11 is 3.46. The molecule has 2 rings (SSSR count). The molecule has 0 aliphatic heterocycles. The van der Waals surface area contributed by atoms with Crippen LogP contribution in [0.5, 0.6) is 0 Å². The van der Waals surface area contributed by atoms with Crippen molar-refractivity contribution in [2.24, 2.45) is 5.73 Å². The van der Waals surface area contributed by atoms with Crippen molar-refractivity contribution in [2.75, 3.05) is 0 Å². The number of benzene rings is 1. The second kappa shape index (κ2) is 4.27. The Morgan fingerprint density at radius 1 is 1.35 bits per heavy atom. The zero-order valence-corrected chi connectivity index (χ0v) is 11.8. The van der Waals surface area contributed by atoms with Crippen LogP contribution in [0.25, 0.3) is 5.69 Å². The first-order valence-corrected chi connectivity index (χ1v) is 6.29. The summed E-state index contributed by atoms with van der Waals surface area (Å²) in [5.74, 6) is 0. The zero-order chi connectivity index (χ0) is 12.6. The minimum absolute atomic E-state index is 0.367. The average Bonchev–Trinajstić information content (AvgIpc) is 2.59. The smallest absolute Gasteiger partial charge is 0.0660 e. The Labute approximate surface area is 110 Å². The third-order valence-corrected chi connectivity index (χ3v) is 3.25. The summed E-state index contributed by atoms with van der Waals surface area (Å²) in [5, 5.41) is 4.41. The summed E-state index contributed by atoms with van der Waals surface area (Å²) in [4.78, 5) is 0. The fourth-order valence-electron chi connectivity index (χ4n) is 1.91. The maximum Gasteiger partial charge on any atom is 0.0660 e. The number of hydrogen-bond acceptors (Lipinski definition) is 2. The molecule has 2 aromatic rings. The molecule has 17 heavy (non-hydrogen) atoms. The standard InChI is InChI=1S/C13H16BrN3/c1-9-12(13(2,3)15)8-16-17(9)11-6-4-5-10(14)7-11/h4-8H,15H2,1-3H3. The molecule has 4 heteroatoms. The van der Waals surface area contributed by atoms with E-state index in [1.807, 2.05) is 55.9 Å². The predicted octanol–water partition coefficient (Wildman–Crippen LogP) is 3.14. The lowest BCUT2D eigenvalue weighted by Crippen LogP contribution is -2.29. The molecule has 0 amide bonds. The summed E-state index contributed by atoms with van der Waals surface area (Å²) in [6.45, 7) is 6.02. The molecule has 0 spiro atoms. The van der Waals surface area contributed by atoms with Crippen molar-refractivity contribution in [3.8, 4) is 5.69 Å². The Bertz CT molecular complexity index is 538. The Balaban J connectivity index is 2.52. The summed E-state index contributed by atoms with van der Waals surface area (Å²) in [7, 11) is 0. The van der Waals surface area contributed by atoms with E-state index in [4.69, 9.17) is 5.73 Å². The Morgan fingerprint density at radius 2 is 2.06 bits per heavy atom. The molecule has 1 heterocycles. The van der Waals surface area contributed by atoms with E-state index in [2.05, 4.69) is 21.0 Å². The highest BCUT2D eigenvalue weighted by atomic mass is 79.9. The van der Waals surface area contributed by atoms with Crippen molar-refractivity contribution < 1.29 is 0 Å². The first-order chi connectivity index (χ1) is 7.89. The van der Waals surface area contributed by atoms with E-state index in [0.717, 1.165) is 21.4 Å². The molecule has 1 aromatic carbocycles. The number of nitrogens with two attached hydrogens (primary N) is 1. The second-order valence-corrected chi connectivity index (χ2v) is 5.67. The molecule has 0 aliphatic carbocycles. The molecule has 90 valence electrons. The Kier molecular flexibility index (Phi) is 3.10. The van der Waals surface area contributed by atoms with Crippen LogP contribution in [-0.2, 0) is 5.54 Å². The maximum absolute atomic E-state index is 6.12. The first kappa shape index (κ1) is 12.3. The third-order valence-electron chi connectivity index (χ3n) is 2.76. The van der Waals surface area contributed by atoms with Crippen LogP contribution in [0.2, 0.25) is 0 Å². The summed E-state index contributed by atoms with van der Waals surface area (Å²) in [6.07, 6.45) is 1.84. The van der Waals surface area contributed by atoms with Crippen LogP contribution in [0.15, 0.2) is 34.9 Å². The van der Waals surface area contributed by atoms with Crippen molar-refractivity contribution in [3.05, 3.63) is 46.2 Å². The van der Waals surface area contributed by atoms with Crippen molar-refractivity contribution in [1.82, 2.24) is 9.78 Å². The van der Waals surface area contributed by atoms with E-state index >= 15 is 0 Å². The number of halogens is 1. The van der Waals surface area contributed by atoms with Crippen LogP contribution in [0.4, 0.5) is 0 Å². The van der Waals surface area contributed by atoms with Gasteiger partial charge in [-0.1, -0.05) is 22.0 Å². The molecule has 0 saturated heterocycles. The van der Waals surface area contributed by atoms with Crippen LogP contribution in [0.1, 0.15) is 25.1 Å². The normalized spacial score (nSPS) is 11.8. The summed E-state index contributed by atoms with van der Waals surface area (Å²) < 4.78 is 2.95. The van der Waals surface area contributed by atoms with E-state index in [1.165, 1.54) is 0 Å². The monoisotopic (exact) mass is 293 g/mol. The molecule has 1 aromatic heterocycles. The lowest BCUT2D eigenvalue weighted by Gasteiger charge is -2.18. The molecular weight excluding hydrogens is 278 g/mol. The zero-order valence-electron chi connectivity index (χ0n) is 10.2. The highest BCUT2D eigenvalue weighted by Crippen LogP contribution is 2.23. The quantitative estimate of drug-likeness (QED) is 0.924. The predicted molar refractivity (Wildman–Crippen MR) is 73.2 cm³/mol. The molecule has 0 atom stereocenters. The molecule has 0 bridgehead atoms. The molecule has 0 saturated carbocycles. The van der Waals surface area contributed by atoms with Gasteiger partial charge >= 0.3 is 0 Å². The van der Waals surface area contributed by atoms with Gasteiger partial charge in [-0.2, -0.15) is 5.10 Å². The minimum atomic E-state index is -0.367. The van der Waals surface area contributed by atoms with Gasteiger partial charge in [0.2, 0.25) is 0 Å². The van der Waals surface area contributed by atoms with E-state index in [1.54, 1.807) is 0 Å². The van der Waals surface area contributed by atoms with Gasteiger partial charge < -0.3 is 5.73 Å².